The molecular weight excluding hydrogens is 520 g/mol. The number of hydrogen-bond acceptors (Lipinski definition) is 0. The SMILES string of the molecule is O.O.O.[Gd].[Gd].[Gd]. The molecule has 0 spiro atoms. The van der Waals surface area contributed by atoms with Crippen LogP contribution in [0.4, 0.5) is 0 Å². The van der Waals surface area contributed by atoms with Crippen LogP contribution in [0.15, 0.2) is 0 Å². The fraction of sp³-hybridized carbons (Fsp3) is 0. The van der Waals surface area contributed by atoms with Crippen LogP contribution in [-0.2, 0) is 0 Å². The van der Waals surface area contributed by atoms with Crippen molar-refractivity contribution in [2.75, 3.05) is 0 Å². The Bertz CT molecular complexity index is 6.00. The summed E-state index contributed by atoms with van der Waals surface area (Å²) in [6, 6.07) is 0. The maximum absolute atomic E-state index is 0. The molecule has 0 heterocycles. The molecule has 6 heavy (non-hydrogen) atoms. The summed E-state index contributed by atoms with van der Waals surface area (Å²) in [5, 5.41) is 0. The van der Waals surface area contributed by atoms with Gasteiger partial charge < -0.3 is 16.4 Å². The van der Waals surface area contributed by atoms with E-state index in [-0.39, 0.29) is 136 Å². The largest absolute Gasteiger partial charge is 0.412 e. The van der Waals surface area contributed by atoms with Gasteiger partial charge in [-0.2, -0.15) is 0 Å². The van der Waals surface area contributed by atoms with Gasteiger partial charge in [-0.15, -0.1) is 0 Å². The van der Waals surface area contributed by atoms with E-state index in [1.54, 1.807) is 0 Å². The predicted octanol–water partition coefficient (Wildman–Crippen LogP) is -2.47. The molecule has 0 aliphatic heterocycles. The van der Waals surface area contributed by atoms with Crippen LogP contribution in [0.3, 0.4) is 0 Å². The Morgan fingerprint density at radius 2 is 0.333 bits per heavy atom. The second kappa shape index (κ2) is 36.8. The third-order valence-corrected chi connectivity index (χ3v) is 0. The summed E-state index contributed by atoms with van der Waals surface area (Å²) in [5.41, 5.74) is 0. The molecule has 3 nitrogen and oxygen atoms in total. The molecule has 0 aliphatic rings. The van der Waals surface area contributed by atoms with Gasteiger partial charge in [-0.25, -0.2) is 0 Å². The molecule has 0 aromatic carbocycles. The van der Waals surface area contributed by atoms with E-state index in [2.05, 4.69) is 0 Å². The number of hydrogen-bond donors (Lipinski definition) is 0. The van der Waals surface area contributed by atoms with Gasteiger partial charge in [0.1, 0.15) is 0 Å². The van der Waals surface area contributed by atoms with Crippen molar-refractivity contribution < 1.29 is 136 Å². The Labute approximate surface area is 132 Å². The van der Waals surface area contributed by atoms with Gasteiger partial charge in [0.25, 0.3) is 0 Å². The summed E-state index contributed by atoms with van der Waals surface area (Å²) < 4.78 is 0. The average Bonchev–Trinajstić information content (AvgIpc) is 0. The molecule has 0 amide bonds. The van der Waals surface area contributed by atoms with Gasteiger partial charge in [0.15, 0.2) is 0 Å². The van der Waals surface area contributed by atoms with Crippen molar-refractivity contribution in [2.24, 2.45) is 0 Å². The first-order valence-electron chi connectivity index (χ1n) is 0. The molecule has 0 aromatic rings. The quantitative estimate of drug-likeness (QED) is 0.335. The maximum atomic E-state index is 0. The summed E-state index contributed by atoms with van der Waals surface area (Å²) in [6.07, 6.45) is 0. The van der Waals surface area contributed by atoms with Gasteiger partial charge in [-0.05, 0) is 0 Å². The molecule has 0 saturated carbocycles. The van der Waals surface area contributed by atoms with E-state index in [1.807, 2.05) is 0 Å². The molecule has 0 rings (SSSR count). The molecule has 0 atom stereocenters. The van der Waals surface area contributed by atoms with Crippen LogP contribution in [0.1, 0.15) is 0 Å². The molecule has 48 valence electrons. The van der Waals surface area contributed by atoms with Gasteiger partial charge in [-0.1, -0.05) is 0 Å². The summed E-state index contributed by atoms with van der Waals surface area (Å²) in [5.74, 6) is 0. The topological polar surface area (TPSA) is 94.5 Å². The number of rotatable bonds is 0. The summed E-state index contributed by atoms with van der Waals surface area (Å²) in [4.78, 5) is 0. The van der Waals surface area contributed by atoms with E-state index in [0.717, 1.165) is 0 Å². The Balaban J connectivity index is 0. The summed E-state index contributed by atoms with van der Waals surface area (Å²) in [6.45, 7) is 0. The molecule has 0 bridgehead atoms. The molecule has 0 radical (unpaired) electrons. The van der Waals surface area contributed by atoms with Crippen LogP contribution in [-0.4, -0.2) is 16.4 Å². The van der Waals surface area contributed by atoms with E-state index >= 15 is 0 Å². The van der Waals surface area contributed by atoms with E-state index in [9.17, 15) is 0 Å². The van der Waals surface area contributed by atoms with E-state index in [0.29, 0.717) is 0 Å². The summed E-state index contributed by atoms with van der Waals surface area (Å²) in [7, 11) is 0. The van der Waals surface area contributed by atoms with Crippen LogP contribution in [0, 0.1) is 120 Å². The van der Waals surface area contributed by atoms with Crippen LogP contribution in [0.25, 0.3) is 0 Å². The van der Waals surface area contributed by atoms with E-state index in [4.69, 9.17) is 0 Å². The second-order valence-corrected chi connectivity index (χ2v) is 0. The van der Waals surface area contributed by atoms with Crippen LogP contribution >= 0.6 is 0 Å². The van der Waals surface area contributed by atoms with Crippen molar-refractivity contribution in [3.63, 3.8) is 0 Å². The van der Waals surface area contributed by atoms with Crippen molar-refractivity contribution in [3.05, 3.63) is 0 Å². The van der Waals surface area contributed by atoms with Crippen molar-refractivity contribution in [1.82, 2.24) is 0 Å². The Morgan fingerprint density at radius 1 is 0.333 bits per heavy atom. The molecule has 6 heteroatoms. The Hall–Kier alpha value is 3.85. The van der Waals surface area contributed by atoms with E-state index in [1.165, 1.54) is 0 Å². The third-order valence-electron chi connectivity index (χ3n) is 0. The fourth-order valence-corrected chi connectivity index (χ4v) is 0. The van der Waals surface area contributed by atoms with Gasteiger partial charge >= 0.3 is 0 Å². The first-order chi connectivity index (χ1) is 0. The van der Waals surface area contributed by atoms with Crippen molar-refractivity contribution in [2.45, 2.75) is 0 Å². The molecule has 0 unspecified atom stereocenters. The zero-order valence-electron chi connectivity index (χ0n) is 2.56. The molecule has 0 saturated heterocycles. The zero-order chi connectivity index (χ0) is 0. The smallest absolute Gasteiger partial charge is 0 e. The van der Waals surface area contributed by atoms with Crippen LogP contribution in [0.5, 0.6) is 0 Å². The minimum Gasteiger partial charge on any atom is -0.412 e. The minimum absolute atomic E-state index is 0. The van der Waals surface area contributed by atoms with Gasteiger partial charge in [-0.3, -0.25) is 0 Å². The van der Waals surface area contributed by atoms with Gasteiger partial charge in [0.05, 0.1) is 0 Å². The zero-order valence-corrected chi connectivity index (χ0v) is 9.37. The second-order valence-electron chi connectivity index (χ2n) is 0. The van der Waals surface area contributed by atoms with Gasteiger partial charge in [0.2, 0.25) is 0 Å². The third kappa shape index (κ3) is 24.8. The first kappa shape index (κ1) is 52.0. The van der Waals surface area contributed by atoms with Crippen molar-refractivity contribution in [1.29, 1.82) is 0 Å². The predicted molar refractivity (Wildman–Crippen MR) is 10.8 cm³/mol. The standard InChI is InChI=1S/3Gd.3H2O/h;;;3*1H2. The van der Waals surface area contributed by atoms with Crippen molar-refractivity contribution in [3.8, 4) is 0 Å². The van der Waals surface area contributed by atoms with E-state index < -0.39 is 0 Å². The normalized spacial score (nSPS) is 0. The fourth-order valence-electron chi connectivity index (χ4n) is 0. The maximum Gasteiger partial charge on any atom is 0 e. The van der Waals surface area contributed by atoms with Crippen LogP contribution < -0.4 is 0 Å². The molecule has 6 N–H and O–H groups in total. The first-order valence-corrected chi connectivity index (χ1v) is 0. The van der Waals surface area contributed by atoms with Crippen molar-refractivity contribution >= 4 is 0 Å². The molecule has 0 aromatic heterocycles. The molecule has 0 aliphatic carbocycles. The molecule has 0 fully saturated rings. The summed E-state index contributed by atoms with van der Waals surface area (Å²) >= 11 is 0. The Kier molecular flexibility index (Phi) is 319. The minimum atomic E-state index is 0. The monoisotopic (exact) mass is 528 g/mol. The molecular formula is H6Gd3O3. The van der Waals surface area contributed by atoms with Gasteiger partial charge in [0, 0.05) is 120 Å². The van der Waals surface area contributed by atoms with Crippen LogP contribution in [0.2, 0.25) is 0 Å². The average molecular weight is 526 g/mol. The Morgan fingerprint density at radius 3 is 0.333 bits per heavy atom.